The van der Waals surface area contributed by atoms with E-state index in [0.717, 1.165) is 5.32 Å². The van der Waals surface area contributed by atoms with Crippen molar-refractivity contribution in [2.45, 2.75) is 5.32 Å². The number of phenols is 2. The molecule has 0 unspecified atom stereocenters. The maximum absolute atomic E-state index is 11.6. The van der Waals surface area contributed by atoms with E-state index in [2.05, 4.69) is 12.1 Å². The molecule has 0 aromatic heterocycles. The summed E-state index contributed by atoms with van der Waals surface area (Å²) < 4.78 is 6.39. The zero-order chi connectivity index (χ0) is 15.8. The molecule has 2 rings (SSSR count). The van der Waals surface area contributed by atoms with Crippen LogP contribution in [-0.4, -0.2) is 37.7 Å². The molecule has 0 spiro atoms. The normalized spacial score (nSPS) is 10.7. The van der Waals surface area contributed by atoms with Crippen LogP contribution in [0.15, 0.2) is 54.6 Å². The van der Waals surface area contributed by atoms with E-state index in [1.165, 1.54) is 34.8 Å². The first-order valence-corrected chi connectivity index (χ1v) is 8.76. The zero-order valence-corrected chi connectivity index (χ0v) is 13.5. The van der Waals surface area contributed by atoms with Crippen molar-refractivity contribution in [1.82, 2.24) is 0 Å². The first-order chi connectivity index (χ1) is 10.6. The molecule has 0 heterocycles. The van der Waals surface area contributed by atoms with Gasteiger partial charge in [0.2, 0.25) is 0 Å². The number of esters is 1. The van der Waals surface area contributed by atoms with Crippen molar-refractivity contribution in [2.75, 3.05) is 6.61 Å². The number of aromatic hydroxyl groups is 2. The van der Waals surface area contributed by atoms with Gasteiger partial charge >= 0.3 is 135 Å². The molecular formula is C17H16O4Se. The second-order valence-corrected chi connectivity index (χ2v) is 6.90. The first kappa shape index (κ1) is 16.1. The van der Waals surface area contributed by atoms with Crippen LogP contribution in [0.25, 0.3) is 6.08 Å². The van der Waals surface area contributed by atoms with Crippen LogP contribution in [-0.2, 0) is 9.53 Å². The molecule has 5 heteroatoms. The van der Waals surface area contributed by atoms with E-state index in [1.54, 1.807) is 0 Å². The average molecular weight is 363 g/mol. The molecule has 0 aliphatic carbocycles. The van der Waals surface area contributed by atoms with Gasteiger partial charge in [0.25, 0.3) is 0 Å². The van der Waals surface area contributed by atoms with Gasteiger partial charge in [-0.05, 0) is 0 Å². The Morgan fingerprint density at radius 3 is 2.45 bits per heavy atom. The van der Waals surface area contributed by atoms with Crippen LogP contribution in [0.5, 0.6) is 11.5 Å². The number of benzene rings is 2. The SMILES string of the molecule is O=C(/C=C/c1cc(O)cc(O)c1)OCC[Se]c1ccccc1. The summed E-state index contributed by atoms with van der Waals surface area (Å²) in [4.78, 5) is 11.6. The molecule has 114 valence electrons. The molecule has 0 radical (unpaired) electrons. The number of phenolic OH excluding ortho intramolecular Hbond substituents is 2. The van der Waals surface area contributed by atoms with Crippen LogP contribution >= 0.6 is 0 Å². The maximum atomic E-state index is 11.6. The van der Waals surface area contributed by atoms with Crippen molar-refractivity contribution in [3.05, 3.63) is 60.2 Å². The van der Waals surface area contributed by atoms with Crippen molar-refractivity contribution < 1.29 is 19.7 Å². The Morgan fingerprint density at radius 2 is 1.77 bits per heavy atom. The average Bonchev–Trinajstić information content (AvgIpc) is 2.50. The molecule has 0 aliphatic heterocycles. The molecular weight excluding hydrogens is 347 g/mol. The second kappa shape index (κ2) is 8.27. The molecule has 2 N–H and O–H groups in total. The van der Waals surface area contributed by atoms with Gasteiger partial charge in [-0.1, -0.05) is 0 Å². The van der Waals surface area contributed by atoms with Gasteiger partial charge in [-0.2, -0.15) is 0 Å². The van der Waals surface area contributed by atoms with E-state index in [9.17, 15) is 15.0 Å². The molecule has 0 saturated carbocycles. The van der Waals surface area contributed by atoms with E-state index in [4.69, 9.17) is 4.74 Å². The fourth-order valence-electron chi connectivity index (χ4n) is 1.75. The summed E-state index contributed by atoms with van der Waals surface area (Å²) in [5.41, 5.74) is 0.531. The van der Waals surface area contributed by atoms with Crippen LogP contribution in [0.2, 0.25) is 5.32 Å². The van der Waals surface area contributed by atoms with E-state index < -0.39 is 5.97 Å². The van der Waals surface area contributed by atoms with Crippen molar-refractivity contribution in [3.63, 3.8) is 0 Å². The molecule has 2 aromatic rings. The molecule has 22 heavy (non-hydrogen) atoms. The van der Waals surface area contributed by atoms with Gasteiger partial charge in [0.05, 0.1) is 0 Å². The van der Waals surface area contributed by atoms with Crippen molar-refractivity contribution in [3.8, 4) is 11.5 Å². The van der Waals surface area contributed by atoms with Crippen LogP contribution in [0.3, 0.4) is 0 Å². The predicted molar refractivity (Wildman–Crippen MR) is 86.4 cm³/mol. The van der Waals surface area contributed by atoms with Gasteiger partial charge in [0.15, 0.2) is 0 Å². The van der Waals surface area contributed by atoms with Gasteiger partial charge in [0.1, 0.15) is 0 Å². The minimum atomic E-state index is -0.438. The van der Waals surface area contributed by atoms with Crippen LogP contribution in [0.1, 0.15) is 5.56 Å². The van der Waals surface area contributed by atoms with E-state index >= 15 is 0 Å². The quantitative estimate of drug-likeness (QED) is 0.357. The zero-order valence-electron chi connectivity index (χ0n) is 11.8. The van der Waals surface area contributed by atoms with Gasteiger partial charge in [-0.25, -0.2) is 0 Å². The Labute approximate surface area is 135 Å². The Bertz CT molecular complexity index is 633. The fourth-order valence-corrected chi connectivity index (χ4v) is 3.32. The summed E-state index contributed by atoms with van der Waals surface area (Å²) in [6.07, 6.45) is 2.77. The van der Waals surface area contributed by atoms with E-state index in [0.29, 0.717) is 27.1 Å². The Morgan fingerprint density at radius 1 is 1.09 bits per heavy atom. The van der Waals surface area contributed by atoms with Gasteiger partial charge < -0.3 is 0 Å². The van der Waals surface area contributed by atoms with Crippen LogP contribution in [0.4, 0.5) is 0 Å². The van der Waals surface area contributed by atoms with E-state index in [-0.39, 0.29) is 11.5 Å². The third-order valence-electron chi connectivity index (χ3n) is 2.68. The molecule has 0 bridgehead atoms. The van der Waals surface area contributed by atoms with Crippen molar-refractivity contribution in [2.24, 2.45) is 0 Å². The molecule has 0 amide bonds. The standard InChI is InChI=1S/C17H16O4Se/c18-14-10-13(11-15(19)12-14)6-7-17(20)21-8-9-22-16-4-2-1-3-5-16/h1-7,10-12,18-19H,8-9H2/b7-6+. The van der Waals surface area contributed by atoms with Crippen molar-refractivity contribution in [1.29, 1.82) is 0 Å². The Kier molecular flexibility index (Phi) is 6.07. The summed E-state index contributed by atoms with van der Waals surface area (Å²) in [6.45, 7) is 0.378. The molecule has 0 saturated heterocycles. The Hall–Kier alpha value is -2.23. The topological polar surface area (TPSA) is 66.8 Å². The van der Waals surface area contributed by atoms with E-state index in [1.807, 2.05) is 18.2 Å². The van der Waals surface area contributed by atoms with Gasteiger partial charge in [-0.3, -0.25) is 0 Å². The summed E-state index contributed by atoms with van der Waals surface area (Å²) in [6, 6.07) is 14.2. The number of hydrogen-bond acceptors (Lipinski definition) is 4. The number of ether oxygens (including phenoxy) is 1. The minimum absolute atomic E-state index is 0.0569. The molecule has 0 atom stereocenters. The molecule has 0 aliphatic rings. The number of rotatable bonds is 6. The number of carbonyl (C=O) groups excluding carboxylic acids is 1. The third kappa shape index (κ3) is 5.64. The number of hydrogen-bond donors (Lipinski definition) is 2. The van der Waals surface area contributed by atoms with Crippen molar-refractivity contribution >= 4 is 31.5 Å². The summed E-state index contributed by atoms with van der Waals surface area (Å²) in [5, 5.41) is 19.5. The van der Waals surface area contributed by atoms with Crippen LogP contribution < -0.4 is 4.46 Å². The molecule has 0 fully saturated rings. The molecule has 2 aromatic carbocycles. The molecule has 4 nitrogen and oxygen atoms in total. The second-order valence-electron chi connectivity index (χ2n) is 4.45. The third-order valence-corrected chi connectivity index (χ3v) is 4.72. The first-order valence-electron chi connectivity index (χ1n) is 6.69. The summed E-state index contributed by atoms with van der Waals surface area (Å²) in [5.74, 6) is -0.552. The fraction of sp³-hybridized carbons (Fsp3) is 0.118. The van der Waals surface area contributed by atoms with Gasteiger partial charge in [0, 0.05) is 0 Å². The Balaban J connectivity index is 1.74. The summed E-state index contributed by atoms with van der Waals surface area (Å²) >= 11 is 0.294. The predicted octanol–water partition coefficient (Wildman–Crippen LogP) is 2.10. The summed E-state index contributed by atoms with van der Waals surface area (Å²) in [7, 11) is 0. The van der Waals surface area contributed by atoms with Crippen LogP contribution in [0, 0.1) is 0 Å². The van der Waals surface area contributed by atoms with Gasteiger partial charge in [-0.15, -0.1) is 0 Å². The monoisotopic (exact) mass is 364 g/mol. The number of carbonyl (C=O) groups is 1.